The van der Waals surface area contributed by atoms with E-state index in [0.29, 0.717) is 36.0 Å². The van der Waals surface area contributed by atoms with Crippen LogP contribution in [0.2, 0.25) is 0 Å². The zero-order valence-electron chi connectivity index (χ0n) is 19.6. The molecule has 0 aliphatic carbocycles. The first-order valence-corrected chi connectivity index (χ1v) is 10.7. The molecule has 1 amide bonds. The Kier molecular flexibility index (Phi) is 7.96. The Bertz CT molecular complexity index is 1200. The number of nitrogens with one attached hydrogen (secondary N) is 1. The fraction of sp³-hybridized carbons (Fsp3) is 0.292. The summed E-state index contributed by atoms with van der Waals surface area (Å²) in [7, 11) is 0. The van der Waals surface area contributed by atoms with Gasteiger partial charge < -0.3 is 9.47 Å². The molecule has 1 N–H and O–H groups in total. The summed E-state index contributed by atoms with van der Waals surface area (Å²) in [5, 5.41) is 19.1. The minimum Gasteiger partial charge on any atom is -0.490 e. The van der Waals surface area contributed by atoms with Crippen LogP contribution < -0.4 is 14.9 Å². The van der Waals surface area contributed by atoms with Crippen molar-refractivity contribution in [2.24, 2.45) is 5.10 Å². The molecule has 10 nitrogen and oxygen atoms in total. The van der Waals surface area contributed by atoms with Gasteiger partial charge in [-0.05, 0) is 57.0 Å². The van der Waals surface area contributed by atoms with E-state index in [1.165, 1.54) is 23.4 Å². The highest BCUT2D eigenvalue weighted by atomic mass is 16.6. The number of amides is 1. The average molecular weight is 466 g/mol. The van der Waals surface area contributed by atoms with Crippen LogP contribution in [0, 0.1) is 30.9 Å². The van der Waals surface area contributed by atoms with Gasteiger partial charge >= 0.3 is 5.69 Å². The molecule has 178 valence electrons. The minimum atomic E-state index is -0.506. The first-order valence-electron chi connectivity index (χ1n) is 10.7. The van der Waals surface area contributed by atoms with Gasteiger partial charge in [-0.3, -0.25) is 19.6 Å². The van der Waals surface area contributed by atoms with E-state index in [2.05, 4.69) is 15.6 Å². The minimum absolute atomic E-state index is 0.0931. The van der Waals surface area contributed by atoms with Gasteiger partial charge in [0.1, 0.15) is 24.5 Å². The Morgan fingerprint density at radius 2 is 1.88 bits per heavy atom. The predicted octanol–water partition coefficient (Wildman–Crippen LogP) is 3.84. The van der Waals surface area contributed by atoms with Gasteiger partial charge in [-0.1, -0.05) is 29.8 Å². The molecular weight excluding hydrogens is 438 g/mol. The summed E-state index contributed by atoms with van der Waals surface area (Å²) in [6.45, 7) is 7.68. The SMILES string of the molecule is CCOc1cc(/C=N/NC(=O)Cn2nc(C)c([N+](=O)[O-])c2C)ccc1OCc1ccc(C)cc1. The quantitative estimate of drug-likeness (QED) is 0.276. The van der Waals surface area contributed by atoms with Crippen molar-refractivity contribution in [3.63, 3.8) is 0 Å². The summed E-state index contributed by atoms with van der Waals surface area (Å²) in [6.07, 6.45) is 1.48. The number of carbonyl (C=O) groups is 1. The maximum atomic E-state index is 12.2. The molecule has 0 fully saturated rings. The topological polar surface area (TPSA) is 121 Å². The van der Waals surface area contributed by atoms with Crippen LogP contribution in [0.15, 0.2) is 47.6 Å². The van der Waals surface area contributed by atoms with E-state index in [9.17, 15) is 14.9 Å². The number of rotatable bonds is 10. The summed E-state index contributed by atoms with van der Waals surface area (Å²) in [6, 6.07) is 13.5. The summed E-state index contributed by atoms with van der Waals surface area (Å²) >= 11 is 0. The lowest BCUT2D eigenvalue weighted by Gasteiger charge is -2.13. The monoisotopic (exact) mass is 465 g/mol. The number of nitro groups is 1. The molecule has 0 bridgehead atoms. The second kappa shape index (κ2) is 11.1. The Labute approximate surface area is 197 Å². The molecule has 0 aliphatic rings. The number of benzene rings is 2. The number of aromatic nitrogens is 2. The van der Waals surface area contributed by atoms with Crippen molar-refractivity contribution in [1.29, 1.82) is 0 Å². The van der Waals surface area contributed by atoms with Gasteiger partial charge in [0.05, 0.1) is 17.7 Å². The molecule has 10 heteroatoms. The number of aryl methyl sites for hydroxylation is 2. The van der Waals surface area contributed by atoms with Crippen LogP contribution in [0.4, 0.5) is 5.69 Å². The van der Waals surface area contributed by atoms with Gasteiger partial charge in [0.2, 0.25) is 0 Å². The molecule has 0 atom stereocenters. The number of carbonyl (C=O) groups excluding carboxylic acids is 1. The van der Waals surface area contributed by atoms with Crippen molar-refractivity contribution in [3.05, 3.63) is 80.7 Å². The molecule has 1 heterocycles. The van der Waals surface area contributed by atoms with Crippen LogP contribution in [0.25, 0.3) is 0 Å². The van der Waals surface area contributed by atoms with Crippen molar-refractivity contribution < 1.29 is 19.2 Å². The second-order valence-corrected chi connectivity index (χ2v) is 7.64. The zero-order valence-corrected chi connectivity index (χ0v) is 19.6. The van der Waals surface area contributed by atoms with Gasteiger partial charge in [-0.2, -0.15) is 10.2 Å². The second-order valence-electron chi connectivity index (χ2n) is 7.64. The molecule has 0 aliphatic heterocycles. The highest BCUT2D eigenvalue weighted by Gasteiger charge is 2.22. The van der Waals surface area contributed by atoms with Gasteiger partial charge in [-0.25, -0.2) is 5.43 Å². The molecule has 3 rings (SSSR count). The molecule has 0 unspecified atom stereocenters. The van der Waals surface area contributed by atoms with Crippen molar-refractivity contribution in [2.75, 3.05) is 6.61 Å². The van der Waals surface area contributed by atoms with Crippen LogP contribution >= 0.6 is 0 Å². The molecular formula is C24H27N5O5. The molecule has 3 aromatic rings. The zero-order chi connectivity index (χ0) is 24.7. The van der Waals surface area contributed by atoms with Crippen LogP contribution in [0.3, 0.4) is 0 Å². The van der Waals surface area contributed by atoms with Crippen molar-refractivity contribution in [3.8, 4) is 11.5 Å². The molecule has 0 spiro atoms. The van der Waals surface area contributed by atoms with Crippen molar-refractivity contribution >= 4 is 17.8 Å². The third kappa shape index (κ3) is 6.18. The standard InChI is InChI=1S/C24H27N5O5/c1-5-33-22-12-20(10-11-21(22)34-15-19-8-6-16(2)7-9-19)13-25-26-23(30)14-28-18(4)24(29(31)32)17(3)27-28/h6-13H,5,14-15H2,1-4H3,(H,26,30)/b25-13+. The lowest BCUT2D eigenvalue weighted by atomic mass is 10.2. The van der Waals surface area contributed by atoms with Crippen LogP contribution in [-0.4, -0.2) is 33.4 Å². The summed E-state index contributed by atoms with van der Waals surface area (Å²) in [5.41, 5.74) is 5.82. The van der Waals surface area contributed by atoms with E-state index in [1.54, 1.807) is 25.1 Å². The van der Waals surface area contributed by atoms with E-state index >= 15 is 0 Å². The first kappa shape index (κ1) is 24.4. The highest BCUT2D eigenvalue weighted by molar-refractivity contribution is 5.83. The van der Waals surface area contributed by atoms with E-state index in [-0.39, 0.29) is 17.9 Å². The Balaban J connectivity index is 1.62. The van der Waals surface area contributed by atoms with E-state index < -0.39 is 10.8 Å². The Hall–Kier alpha value is -4.21. The van der Waals surface area contributed by atoms with Gasteiger partial charge in [-0.15, -0.1) is 0 Å². The molecule has 0 saturated heterocycles. The van der Waals surface area contributed by atoms with E-state index in [1.807, 2.05) is 38.1 Å². The lowest BCUT2D eigenvalue weighted by molar-refractivity contribution is -0.386. The van der Waals surface area contributed by atoms with Gasteiger partial charge in [0.25, 0.3) is 5.91 Å². The Morgan fingerprint density at radius 1 is 1.15 bits per heavy atom. The van der Waals surface area contributed by atoms with Crippen LogP contribution in [0.1, 0.15) is 35.0 Å². The summed E-state index contributed by atoms with van der Waals surface area (Å²) in [5.74, 6) is 0.717. The fourth-order valence-electron chi connectivity index (χ4n) is 3.29. The maximum absolute atomic E-state index is 12.2. The van der Waals surface area contributed by atoms with Crippen molar-refractivity contribution in [1.82, 2.24) is 15.2 Å². The molecule has 0 radical (unpaired) electrons. The van der Waals surface area contributed by atoms with Crippen LogP contribution in [0.5, 0.6) is 11.5 Å². The smallest absolute Gasteiger partial charge is 0.312 e. The maximum Gasteiger partial charge on any atom is 0.312 e. The molecule has 2 aromatic carbocycles. The largest absolute Gasteiger partial charge is 0.490 e. The number of hydrazone groups is 1. The number of hydrogen-bond acceptors (Lipinski definition) is 7. The van der Waals surface area contributed by atoms with E-state index in [0.717, 1.165) is 5.56 Å². The molecule has 1 aromatic heterocycles. The predicted molar refractivity (Wildman–Crippen MR) is 127 cm³/mol. The third-order valence-corrected chi connectivity index (χ3v) is 5.00. The number of hydrogen-bond donors (Lipinski definition) is 1. The van der Waals surface area contributed by atoms with Crippen LogP contribution in [-0.2, 0) is 17.9 Å². The van der Waals surface area contributed by atoms with Gasteiger partial charge in [0.15, 0.2) is 11.5 Å². The Morgan fingerprint density at radius 3 is 2.53 bits per heavy atom. The average Bonchev–Trinajstić information content (AvgIpc) is 3.07. The summed E-state index contributed by atoms with van der Waals surface area (Å²) in [4.78, 5) is 22.8. The normalized spacial score (nSPS) is 10.9. The number of nitrogens with zero attached hydrogens (tertiary/aromatic N) is 4. The number of ether oxygens (including phenoxy) is 2. The highest BCUT2D eigenvalue weighted by Crippen LogP contribution is 2.29. The van der Waals surface area contributed by atoms with Crippen molar-refractivity contribution in [2.45, 2.75) is 40.8 Å². The third-order valence-electron chi connectivity index (χ3n) is 5.00. The molecule has 34 heavy (non-hydrogen) atoms. The lowest BCUT2D eigenvalue weighted by Crippen LogP contribution is -2.24. The first-order chi connectivity index (χ1) is 16.3. The summed E-state index contributed by atoms with van der Waals surface area (Å²) < 4.78 is 12.9. The fourth-order valence-corrected chi connectivity index (χ4v) is 3.29. The van der Waals surface area contributed by atoms with Gasteiger partial charge in [0, 0.05) is 0 Å². The molecule has 0 saturated carbocycles. The van der Waals surface area contributed by atoms with E-state index in [4.69, 9.17) is 9.47 Å².